The third kappa shape index (κ3) is 6.39. The molecule has 0 saturated carbocycles. The van der Waals surface area contributed by atoms with Gasteiger partial charge in [0.15, 0.2) is 0 Å². The van der Waals surface area contributed by atoms with E-state index in [2.05, 4.69) is 0 Å². The van der Waals surface area contributed by atoms with Crippen molar-refractivity contribution < 1.29 is 30.0 Å². The maximum Gasteiger partial charge on any atom is 0.304 e. The highest BCUT2D eigenvalue weighted by atomic mass is 16.4. The van der Waals surface area contributed by atoms with E-state index in [1.165, 1.54) is 24.3 Å². The van der Waals surface area contributed by atoms with E-state index in [1.807, 2.05) is 0 Å². The minimum absolute atomic E-state index is 0.0461. The van der Waals surface area contributed by atoms with Crippen molar-refractivity contribution in [2.75, 3.05) is 0 Å². The Hall–Kier alpha value is -3.02. The Bertz CT molecular complexity index is 615. The Morgan fingerprint density at radius 1 is 0.792 bits per heavy atom. The molecular formula is C18H20O6. The normalized spacial score (nSPS) is 9.92. The molecule has 0 aromatic heterocycles. The second kappa shape index (κ2) is 9.19. The van der Waals surface area contributed by atoms with E-state index in [4.69, 9.17) is 10.2 Å². The number of carbonyl (C=O) groups is 2. The molecule has 0 fully saturated rings. The smallest absolute Gasteiger partial charge is 0.304 e. The summed E-state index contributed by atoms with van der Waals surface area (Å²) < 4.78 is 0. The van der Waals surface area contributed by atoms with Crippen LogP contribution in [0.5, 0.6) is 11.5 Å². The number of aromatic hydroxyl groups is 2. The van der Waals surface area contributed by atoms with Gasteiger partial charge in [0.1, 0.15) is 11.5 Å². The first-order chi connectivity index (χ1) is 11.3. The van der Waals surface area contributed by atoms with Crippen molar-refractivity contribution in [3.05, 3.63) is 59.7 Å². The number of carboxylic acids is 2. The fraction of sp³-hybridized carbons (Fsp3) is 0.222. The fourth-order valence-corrected chi connectivity index (χ4v) is 2.02. The van der Waals surface area contributed by atoms with E-state index in [1.54, 1.807) is 31.2 Å². The predicted molar refractivity (Wildman–Crippen MR) is 88.2 cm³/mol. The minimum atomic E-state index is -0.897. The molecule has 0 atom stereocenters. The van der Waals surface area contributed by atoms with E-state index in [-0.39, 0.29) is 30.3 Å². The van der Waals surface area contributed by atoms with Crippen LogP contribution in [0.4, 0.5) is 0 Å². The van der Waals surface area contributed by atoms with Gasteiger partial charge >= 0.3 is 11.9 Å². The number of hydrogen-bond acceptors (Lipinski definition) is 4. The van der Waals surface area contributed by atoms with Crippen molar-refractivity contribution >= 4 is 11.9 Å². The minimum Gasteiger partial charge on any atom is -0.508 e. The third-order valence-electron chi connectivity index (χ3n) is 3.27. The van der Waals surface area contributed by atoms with Gasteiger partial charge in [-0.05, 0) is 35.4 Å². The van der Waals surface area contributed by atoms with Crippen LogP contribution in [0.1, 0.15) is 36.8 Å². The fourth-order valence-electron chi connectivity index (χ4n) is 2.02. The van der Waals surface area contributed by atoms with Gasteiger partial charge in [-0.1, -0.05) is 31.2 Å². The second-order valence-corrected chi connectivity index (χ2v) is 5.08. The van der Waals surface area contributed by atoms with Gasteiger partial charge in [-0.15, -0.1) is 0 Å². The van der Waals surface area contributed by atoms with Crippen LogP contribution in [0.15, 0.2) is 48.5 Å². The number of carboxylic acid groups (broad SMARTS) is 2. The Kier molecular flexibility index (Phi) is 7.29. The maximum atomic E-state index is 11.0. The third-order valence-corrected chi connectivity index (χ3v) is 3.27. The number of hydrogen-bond donors (Lipinski definition) is 4. The molecule has 2 rings (SSSR count). The Morgan fingerprint density at radius 3 is 1.38 bits per heavy atom. The van der Waals surface area contributed by atoms with Crippen LogP contribution < -0.4 is 0 Å². The Morgan fingerprint density at radius 2 is 1.12 bits per heavy atom. The van der Waals surface area contributed by atoms with Crippen molar-refractivity contribution in [3.8, 4) is 11.5 Å². The molecule has 2 aromatic carbocycles. The number of aliphatic carboxylic acids is 2. The molecule has 0 aliphatic rings. The number of phenols is 2. The molecule has 6 heteroatoms. The number of rotatable bonds is 5. The molecule has 2 aromatic rings. The summed E-state index contributed by atoms with van der Waals surface area (Å²) in [5.74, 6) is -1.66. The van der Waals surface area contributed by atoms with Crippen LogP contribution in [-0.2, 0) is 9.59 Å². The van der Waals surface area contributed by atoms with E-state index in [9.17, 15) is 19.8 Å². The summed E-state index contributed by atoms with van der Waals surface area (Å²) in [7, 11) is 0. The van der Waals surface area contributed by atoms with E-state index in [0.29, 0.717) is 0 Å². The van der Waals surface area contributed by atoms with Gasteiger partial charge in [-0.25, -0.2) is 0 Å². The van der Waals surface area contributed by atoms with E-state index in [0.717, 1.165) is 11.1 Å². The second-order valence-electron chi connectivity index (χ2n) is 5.08. The highest BCUT2D eigenvalue weighted by molar-refractivity contribution is 5.69. The Labute approximate surface area is 139 Å². The summed E-state index contributed by atoms with van der Waals surface area (Å²) in [6, 6.07) is 12.9. The lowest BCUT2D eigenvalue weighted by Crippen LogP contribution is -2.07. The van der Waals surface area contributed by atoms with Crippen molar-refractivity contribution in [2.45, 2.75) is 25.7 Å². The molecular weight excluding hydrogens is 312 g/mol. The summed E-state index contributed by atoms with van der Waals surface area (Å²) >= 11 is 0. The average Bonchev–Trinajstić information content (AvgIpc) is 2.55. The molecule has 0 amide bonds. The van der Waals surface area contributed by atoms with Crippen LogP contribution in [0.3, 0.4) is 0 Å². The van der Waals surface area contributed by atoms with Gasteiger partial charge < -0.3 is 20.4 Å². The molecule has 24 heavy (non-hydrogen) atoms. The molecule has 0 spiro atoms. The highest BCUT2D eigenvalue weighted by Crippen LogP contribution is 2.30. The first-order valence-corrected chi connectivity index (χ1v) is 7.35. The summed E-state index contributed by atoms with van der Waals surface area (Å²) in [4.78, 5) is 20.4. The zero-order valence-corrected chi connectivity index (χ0v) is 13.2. The number of phenolic OH excluding ortho intramolecular Hbond substituents is 2. The molecule has 0 heterocycles. The number of benzene rings is 2. The first-order valence-electron chi connectivity index (χ1n) is 7.35. The molecule has 0 aliphatic carbocycles. The molecule has 0 saturated heterocycles. The lowest BCUT2D eigenvalue weighted by Gasteiger charge is -2.16. The topological polar surface area (TPSA) is 115 Å². The summed E-state index contributed by atoms with van der Waals surface area (Å²) in [6.07, 6.45) is 0.176. The van der Waals surface area contributed by atoms with Gasteiger partial charge in [0, 0.05) is 12.3 Å². The monoisotopic (exact) mass is 332 g/mol. The molecule has 6 nitrogen and oxygen atoms in total. The van der Waals surface area contributed by atoms with Gasteiger partial charge in [0.25, 0.3) is 0 Å². The summed E-state index contributed by atoms with van der Waals surface area (Å²) in [5.41, 5.74) is 1.62. The van der Waals surface area contributed by atoms with Gasteiger partial charge in [-0.3, -0.25) is 9.59 Å². The maximum absolute atomic E-state index is 11.0. The lowest BCUT2D eigenvalue weighted by atomic mass is 9.88. The first kappa shape index (κ1) is 19.0. The van der Waals surface area contributed by atoms with Gasteiger partial charge in [0.05, 0.1) is 6.42 Å². The molecule has 0 bridgehead atoms. The van der Waals surface area contributed by atoms with Crippen molar-refractivity contribution in [1.82, 2.24) is 0 Å². The quantitative estimate of drug-likeness (QED) is 0.668. The van der Waals surface area contributed by atoms with Crippen molar-refractivity contribution in [1.29, 1.82) is 0 Å². The Balaban J connectivity index is 0.000000505. The van der Waals surface area contributed by atoms with Crippen LogP contribution in [0.2, 0.25) is 0 Å². The van der Waals surface area contributed by atoms with E-state index >= 15 is 0 Å². The largest absolute Gasteiger partial charge is 0.508 e. The van der Waals surface area contributed by atoms with Crippen LogP contribution in [0, 0.1) is 0 Å². The van der Waals surface area contributed by atoms with E-state index < -0.39 is 11.9 Å². The molecule has 0 radical (unpaired) electrons. The SMILES string of the molecule is CCC(=O)O.O=C(O)CC(c1ccc(O)cc1)c1ccc(O)cc1. The highest BCUT2D eigenvalue weighted by Gasteiger charge is 2.17. The zero-order valence-electron chi connectivity index (χ0n) is 13.2. The molecule has 0 aliphatic heterocycles. The van der Waals surface area contributed by atoms with Crippen LogP contribution in [0.25, 0.3) is 0 Å². The lowest BCUT2D eigenvalue weighted by molar-refractivity contribution is -0.138. The average molecular weight is 332 g/mol. The predicted octanol–water partition coefficient (Wildman–Crippen LogP) is 3.19. The van der Waals surface area contributed by atoms with Crippen LogP contribution >= 0.6 is 0 Å². The van der Waals surface area contributed by atoms with Crippen molar-refractivity contribution in [2.24, 2.45) is 0 Å². The molecule has 128 valence electrons. The standard InChI is InChI=1S/C15H14O4.C3H6O2/c16-12-5-1-10(2-6-12)14(9-15(18)19)11-3-7-13(17)8-4-11;1-2-3(4)5/h1-8,14,16-17H,9H2,(H,18,19);2H2,1H3,(H,4,5). The molecule has 4 N–H and O–H groups in total. The summed E-state index contributed by atoms with van der Waals surface area (Å²) in [5, 5.41) is 35.3. The summed E-state index contributed by atoms with van der Waals surface area (Å²) in [6.45, 7) is 1.60. The van der Waals surface area contributed by atoms with Gasteiger partial charge in [-0.2, -0.15) is 0 Å². The zero-order chi connectivity index (χ0) is 18.1. The van der Waals surface area contributed by atoms with Crippen molar-refractivity contribution in [3.63, 3.8) is 0 Å². The van der Waals surface area contributed by atoms with Crippen LogP contribution in [-0.4, -0.2) is 32.4 Å². The van der Waals surface area contributed by atoms with Gasteiger partial charge in [0.2, 0.25) is 0 Å². The molecule has 0 unspecified atom stereocenters.